The van der Waals surface area contributed by atoms with Gasteiger partial charge in [0.1, 0.15) is 5.82 Å². The van der Waals surface area contributed by atoms with Crippen LogP contribution in [0.3, 0.4) is 0 Å². The highest BCUT2D eigenvalue weighted by molar-refractivity contribution is 9.10. The van der Waals surface area contributed by atoms with Crippen molar-refractivity contribution >= 4 is 27.3 Å². The molecule has 3 N–H and O–H groups in total. The molecule has 0 spiro atoms. The molecule has 2 bridgehead atoms. The molecule has 1 aromatic carbocycles. The maximum absolute atomic E-state index is 13.4. The van der Waals surface area contributed by atoms with E-state index in [0.717, 1.165) is 19.3 Å². The van der Waals surface area contributed by atoms with Gasteiger partial charge in [-0.2, -0.15) is 0 Å². The predicted octanol–water partition coefficient (Wildman–Crippen LogP) is 2.90. The molecular weight excluding hydrogens is 287 g/mol. The van der Waals surface area contributed by atoms with Crippen LogP contribution in [0.15, 0.2) is 16.6 Å². The van der Waals surface area contributed by atoms with Crippen molar-refractivity contribution in [3.63, 3.8) is 0 Å². The first kappa shape index (κ1) is 11.3. The lowest BCUT2D eigenvalue weighted by atomic mass is 9.95. The van der Waals surface area contributed by atoms with Gasteiger partial charge in [-0.3, -0.25) is 0 Å². The molecule has 3 nitrogen and oxygen atoms in total. The zero-order valence-electron chi connectivity index (χ0n) is 9.25. The zero-order chi connectivity index (χ0) is 12.0. The van der Waals surface area contributed by atoms with Crippen LogP contribution in [0.5, 0.6) is 0 Å². The molecule has 2 aliphatic rings. The summed E-state index contributed by atoms with van der Waals surface area (Å²) in [5.41, 5.74) is 7.08. The van der Waals surface area contributed by atoms with Gasteiger partial charge in [0.25, 0.3) is 0 Å². The molecule has 2 heterocycles. The zero-order valence-corrected chi connectivity index (χ0v) is 10.8. The van der Waals surface area contributed by atoms with Gasteiger partial charge >= 0.3 is 0 Å². The van der Waals surface area contributed by atoms with Crippen molar-refractivity contribution in [3.8, 4) is 0 Å². The van der Waals surface area contributed by atoms with E-state index in [9.17, 15) is 4.39 Å². The van der Waals surface area contributed by atoms with Crippen LogP contribution in [0.25, 0.3) is 0 Å². The second-order valence-corrected chi connectivity index (χ2v) is 5.57. The molecular formula is C12H14BrFN2O. The van der Waals surface area contributed by atoms with Crippen LogP contribution in [0.1, 0.15) is 19.3 Å². The Morgan fingerprint density at radius 1 is 1.41 bits per heavy atom. The van der Waals surface area contributed by atoms with E-state index in [2.05, 4.69) is 21.2 Å². The van der Waals surface area contributed by atoms with Gasteiger partial charge in [0, 0.05) is 6.07 Å². The lowest BCUT2D eigenvalue weighted by Crippen LogP contribution is -2.30. The van der Waals surface area contributed by atoms with Gasteiger partial charge in [-0.15, -0.1) is 0 Å². The fourth-order valence-electron chi connectivity index (χ4n) is 2.68. The Kier molecular flexibility index (Phi) is 2.75. The molecule has 2 fully saturated rings. The first-order valence-electron chi connectivity index (χ1n) is 5.80. The van der Waals surface area contributed by atoms with Crippen molar-refractivity contribution in [3.05, 3.63) is 22.4 Å². The molecule has 3 unspecified atom stereocenters. The minimum atomic E-state index is -0.300. The van der Waals surface area contributed by atoms with Crippen molar-refractivity contribution in [1.29, 1.82) is 0 Å². The highest BCUT2D eigenvalue weighted by atomic mass is 79.9. The molecule has 0 saturated carbocycles. The maximum atomic E-state index is 13.4. The standard InChI is InChI=1S/C12H14BrFN2O/c13-7-4-9(15)10(5-8(7)14)16-11-3-6-1-2-12(11)17-6/h4-6,11-12,16H,1-3,15H2. The summed E-state index contributed by atoms with van der Waals surface area (Å²) < 4.78 is 19.6. The summed E-state index contributed by atoms with van der Waals surface area (Å²) in [5.74, 6) is -0.300. The number of rotatable bonds is 2. The fourth-order valence-corrected chi connectivity index (χ4v) is 3.04. The Bertz CT molecular complexity index is 454. The van der Waals surface area contributed by atoms with Crippen molar-refractivity contribution in [1.82, 2.24) is 0 Å². The van der Waals surface area contributed by atoms with Crippen LogP contribution in [0.2, 0.25) is 0 Å². The number of fused-ring (bicyclic) bond motifs is 2. The summed E-state index contributed by atoms with van der Waals surface area (Å²) in [6.07, 6.45) is 3.85. The van der Waals surface area contributed by atoms with E-state index in [1.54, 1.807) is 6.07 Å². The number of hydrogen-bond donors (Lipinski definition) is 2. The third kappa shape index (κ3) is 2.02. The number of hydrogen-bond acceptors (Lipinski definition) is 3. The van der Waals surface area contributed by atoms with Crippen LogP contribution in [-0.2, 0) is 4.74 Å². The molecule has 17 heavy (non-hydrogen) atoms. The van der Waals surface area contributed by atoms with Crippen molar-refractivity contribution in [2.24, 2.45) is 0 Å². The number of halogens is 2. The average Bonchev–Trinajstić information content (AvgIpc) is 2.87. The lowest BCUT2D eigenvalue weighted by molar-refractivity contribution is 0.102. The van der Waals surface area contributed by atoms with Gasteiger partial charge in [0.15, 0.2) is 0 Å². The summed E-state index contributed by atoms with van der Waals surface area (Å²) in [5, 5.41) is 3.30. The van der Waals surface area contributed by atoms with E-state index >= 15 is 0 Å². The third-order valence-electron chi connectivity index (χ3n) is 3.54. The lowest BCUT2D eigenvalue weighted by Gasteiger charge is -2.22. The smallest absolute Gasteiger partial charge is 0.139 e. The Morgan fingerprint density at radius 2 is 2.24 bits per heavy atom. The van der Waals surface area contributed by atoms with Crippen LogP contribution < -0.4 is 11.1 Å². The SMILES string of the molecule is Nc1cc(Br)c(F)cc1NC1CC2CCC1O2. The van der Waals surface area contributed by atoms with E-state index in [1.165, 1.54) is 6.07 Å². The van der Waals surface area contributed by atoms with E-state index < -0.39 is 0 Å². The third-order valence-corrected chi connectivity index (χ3v) is 4.15. The van der Waals surface area contributed by atoms with Gasteiger partial charge in [-0.25, -0.2) is 4.39 Å². The van der Waals surface area contributed by atoms with Crippen LogP contribution in [-0.4, -0.2) is 18.2 Å². The van der Waals surface area contributed by atoms with Crippen molar-refractivity contribution < 1.29 is 9.13 Å². The topological polar surface area (TPSA) is 47.3 Å². The molecule has 5 heteroatoms. The molecule has 3 atom stereocenters. The highest BCUT2D eigenvalue weighted by Crippen LogP contribution is 2.37. The molecule has 92 valence electrons. The first-order chi connectivity index (χ1) is 8.13. The molecule has 3 rings (SSSR count). The Labute approximate surface area is 108 Å². The number of nitrogen functional groups attached to an aromatic ring is 1. The molecule has 0 aromatic heterocycles. The normalized spacial score (nSPS) is 30.8. The summed E-state index contributed by atoms with van der Waals surface area (Å²) in [4.78, 5) is 0. The Morgan fingerprint density at radius 3 is 2.88 bits per heavy atom. The highest BCUT2D eigenvalue weighted by Gasteiger charge is 2.40. The fraction of sp³-hybridized carbons (Fsp3) is 0.500. The van der Waals surface area contributed by atoms with E-state index in [-0.39, 0.29) is 18.0 Å². The number of nitrogens with two attached hydrogens (primary N) is 1. The van der Waals surface area contributed by atoms with Crippen LogP contribution in [0, 0.1) is 5.82 Å². The number of benzene rings is 1. The molecule has 2 saturated heterocycles. The molecule has 0 radical (unpaired) electrons. The average molecular weight is 301 g/mol. The van der Waals surface area contributed by atoms with Gasteiger partial charge in [-0.05, 0) is 41.3 Å². The van der Waals surface area contributed by atoms with Crippen molar-refractivity contribution in [2.75, 3.05) is 11.1 Å². The summed E-state index contributed by atoms with van der Waals surface area (Å²) >= 11 is 3.12. The van der Waals surface area contributed by atoms with Gasteiger partial charge in [-0.1, -0.05) is 0 Å². The van der Waals surface area contributed by atoms with Crippen LogP contribution >= 0.6 is 15.9 Å². The van der Waals surface area contributed by atoms with E-state index in [4.69, 9.17) is 10.5 Å². The van der Waals surface area contributed by atoms with Gasteiger partial charge < -0.3 is 15.8 Å². The van der Waals surface area contributed by atoms with E-state index in [1.807, 2.05) is 0 Å². The molecule has 0 amide bonds. The second kappa shape index (κ2) is 4.14. The van der Waals surface area contributed by atoms with Crippen LogP contribution in [0.4, 0.5) is 15.8 Å². The van der Waals surface area contributed by atoms with Gasteiger partial charge in [0.05, 0.1) is 34.1 Å². The minimum absolute atomic E-state index is 0.256. The number of anilines is 2. The number of nitrogens with one attached hydrogen (secondary N) is 1. The quantitative estimate of drug-likeness (QED) is 0.826. The number of ether oxygens (including phenoxy) is 1. The van der Waals surface area contributed by atoms with Gasteiger partial charge in [0.2, 0.25) is 0 Å². The maximum Gasteiger partial charge on any atom is 0.139 e. The second-order valence-electron chi connectivity index (χ2n) is 4.71. The summed E-state index contributed by atoms with van der Waals surface area (Å²) in [6.45, 7) is 0. The predicted molar refractivity (Wildman–Crippen MR) is 68.4 cm³/mol. The Balaban J connectivity index is 1.79. The largest absolute Gasteiger partial charge is 0.397 e. The van der Waals surface area contributed by atoms with E-state index in [0.29, 0.717) is 22.0 Å². The first-order valence-corrected chi connectivity index (χ1v) is 6.59. The minimum Gasteiger partial charge on any atom is -0.397 e. The molecule has 0 aliphatic carbocycles. The molecule has 2 aliphatic heterocycles. The summed E-state index contributed by atoms with van der Waals surface area (Å²) in [6, 6.07) is 3.29. The van der Waals surface area contributed by atoms with Crippen molar-refractivity contribution in [2.45, 2.75) is 37.5 Å². The Hall–Kier alpha value is -0.810. The monoisotopic (exact) mass is 300 g/mol. The summed E-state index contributed by atoms with van der Waals surface area (Å²) in [7, 11) is 0. The molecule has 1 aromatic rings.